The first-order valence-electron chi connectivity index (χ1n) is 12.0. The molecule has 0 aliphatic heterocycles. The second kappa shape index (κ2) is 13.7. The summed E-state index contributed by atoms with van der Waals surface area (Å²) in [6, 6.07) is 19.0. The van der Waals surface area contributed by atoms with Crippen molar-refractivity contribution in [2.75, 3.05) is 7.11 Å². The second-order valence-electron chi connectivity index (χ2n) is 8.31. The fourth-order valence-corrected chi connectivity index (χ4v) is 3.89. The number of esters is 2. The van der Waals surface area contributed by atoms with Gasteiger partial charge in [-0.2, -0.15) is 0 Å². The van der Waals surface area contributed by atoms with E-state index in [0.29, 0.717) is 16.9 Å². The van der Waals surface area contributed by atoms with Crippen LogP contribution in [0.5, 0.6) is 17.2 Å². The Bertz CT molecular complexity index is 1110. The van der Waals surface area contributed by atoms with Crippen LogP contribution in [0.2, 0.25) is 0 Å². The molecule has 0 fully saturated rings. The maximum absolute atomic E-state index is 12.7. The highest BCUT2D eigenvalue weighted by Crippen LogP contribution is 2.29. The van der Waals surface area contributed by atoms with Gasteiger partial charge < -0.3 is 14.2 Å². The molecule has 0 bridgehead atoms. The predicted octanol–water partition coefficient (Wildman–Crippen LogP) is 7.80. The number of hydrogen-bond acceptors (Lipinski definition) is 5. The smallest absolute Gasteiger partial charge is 0.343 e. The number of benzene rings is 3. The third-order valence-electron chi connectivity index (χ3n) is 5.63. The van der Waals surface area contributed by atoms with Crippen molar-refractivity contribution in [3.63, 3.8) is 0 Å². The normalized spacial score (nSPS) is 10.6. The molecule has 0 N–H and O–H groups in total. The van der Waals surface area contributed by atoms with Gasteiger partial charge in [0.05, 0.1) is 18.2 Å². The van der Waals surface area contributed by atoms with Gasteiger partial charge in [0, 0.05) is 4.47 Å². The molecule has 0 radical (unpaired) electrons. The van der Waals surface area contributed by atoms with E-state index >= 15 is 0 Å². The summed E-state index contributed by atoms with van der Waals surface area (Å²) < 4.78 is 17.2. The van der Waals surface area contributed by atoms with Crippen molar-refractivity contribution in [2.45, 2.75) is 51.9 Å². The first-order chi connectivity index (χ1) is 17.0. The molecular formula is C29H31BrO5. The van der Waals surface area contributed by atoms with Crippen LogP contribution in [0.15, 0.2) is 71.2 Å². The molecule has 0 saturated carbocycles. The van der Waals surface area contributed by atoms with Crippen molar-refractivity contribution in [3.8, 4) is 17.2 Å². The zero-order valence-corrected chi connectivity index (χ0v) is 21.8. The average Bonchev–Trinajstić information content (AvgIpc) is 2.87. The topological polar surface area (TPSA) is 61.8 Å². The Morgan fingerprint density at radius 1 is 0.714 bits per heavy atom. The minimum atomic E-state index is -0.521. The largest absolute Gasteiger partial charge is 0.493 e. The molecule has 3 rings (SSSR count). The molecule has 35 heavy (non-hydrogen) atoms. The molecule has 0 spiro atoms. The van der Waals surface area contributed by atoms with Crippen LogP contribution in [-0.2, 0) is 6.42 Å². The van der Waals surface area contributed by atoms with Crippen LogP contribution in [0, 0.1) is 0 Å². The molecule has 0 heterocycles. The van der Waals surface area contributed by atoms with E-state index in [1.807, 2.05) is 24.3 Å². The summed E-state index contributed by atoms with van der Waals surface area (Å²) in [7, 11) is 1.45. The molecule has 0 unspecified atom stereocenters. The van der Waals surface area contributed by atoms with Gasteiger partial charge in [0.15, 0.2) is 11.5 Å². The minimum Gasteiger partial charge on any atom is -0.493 e. The Morgan fingerprint density at radius 2 is 1.34 bits per heavy atom. The fraction of sp³-hybridized carbons (Fsp3) is 0.310. The number of carbonyl (C=O) groups excluding carboxylic acids is 2. The fourth-order valence-electron chi connectivity index (χ4n) is 3.62. The third-order valence-corrected chi connectivity index (χ3v) is 6.16. The van der Waals surface area contributed by atoms with Crippen molar-refractivity contribution in [1.82, 2.24) is 0 Å². The minimum absolute atomic E-state index is 0.219. The molecule has 0 atom stereocenters. The number of ether oxygens (including phenoxy) is 3. The molecule has 0 aliphatic carbocycles. The molecule has 0 saturated heterocycles. The number of carbonyl (C=O) groups is 2. The maximum atomic E-state index is 12.7. The Labute approximate surface area is 215 Å². The number of halogens is 1. The van der Waals surface area contributed by atoms with Crippen LogP contribution in [0.1, 0.15) is 71.7 Å². The van der Waals surface area contributed by atoms with E-state index in [0.717, 1.165) is 10.9 Å². The van der Waals surface area contributed by atoms with Crippen molar-refractivity contribution in [1.29, 1.82) is 0 Å². The zero-order chi connectivity index (χ0) is 25.0. The second-order valence-corrected chi connectivity index (χ2v) is 9.23. The summed E-state index contributed by atoms with van der Waals surface area (Å²) in [6.07, 6.45) is 8.61. The van der Waals surface area contributed by atoms with Crippen LogP contribution in [0.3, 0.4) is 0 Å². The molecular weight excluding hydrogens is 508 g/mol. The lowest BCUT2D eigenvalue weighted by Crippen LogP contribution is -2.11. The third kappa shape index (κ3) is 8.25. The number of rotatable bonds is 12. The van der Waals surface area contributed by atoms with Crippen LogP contribution < -0.4 is 14.2 Å². The SMILES string of the molecule is CCCCCCCCc1ccc(OC(=O)c2ccc(OC(=O)c3ccc(Br)cc3)c(OC)c2)cc1. The highest BCUT2D eigenvalue weighted by atomic mass is 79.9. The molecule has 184 valence electrons. The van der Waals surface area contributed by atoms with Gasteiger partial charge in [-0.05, 0) is 73.0 Å². The van der Waals surface area contributed by atoms with Gasteiger partial charge in [-0.3, -0.25) is 0 Å². The number of methoxy groups -OCH3 is 1. The van der Waals surface area contributed by atoms with E-state index in [9.17, 15) is 9.59 Å². The molecule has 3 aromatic rings. The molecule has 0 amide bonds. The highest BCUT2D eigenvalue weighted by Gasteiger charge is 2.16. The molecule has 5 nitrogen and oxygen atoms in total. The van der Waals surface area contributed by atoms with Crippen LogP contribution in [-0.4, -0.2) is 19.0 Å². The average molecular weight is 539 g/mol. The Balaban J connectivity index is 1.56. The monoisotopic (exact) mass is 538 g/mol. The van der Waals surface area contributed by atoms with Crippen molar-refractivity contribution < 1.29 is 23.8 Å². The maximum Gasteiger partial charge on any atom is 0.343 e. The van der Waals surface area contributed by atoms with E-state index in [1.165, 1.54) is 63.3 Å². The molecule has 3 aromatic carbocycles. The predicted molar refractivity (Wildman–Crippen MR) is 141 cm³/mol. The van der Waals surface area contributed by atoms with Crippen molar-refractivity contribution >= 4 is 27.9 Å². The van der Waals surface area contributed by atoms with Gasteiger partial charge in [-0.15, -0.1) is 0 Å². The summed E-state index contributed by atoms with van der Waals surface area (Å²) >= 11 is 3.34. The van der Waals surface area contributed by atoms with E-state index in [-0.39, 0.29) is 11.5 Å². The molecule has 6 heteroatoms. The van der Waals surface area contributed by atoms with Gasteiger partial charge in [-0.1, -0.05) is 67.1 Å². The number of hydrogen-bond donors (Lipinski definition) is 0. The first kappa shape index (κ1) is 26.5. The van der Waals surface area contributed by atoms with Gasteiger partial charge in [-0.25, -0.2) is 9.59 Å². The lowest BCUT2D eigenvalue weighted by atomic mass is 10.0. The van der Waals surface area contributed by atoms with Gasteiger partial charge in [0.25, 0.3) is 0 Å². The summed E-state index contributed by atoms with van der Waals surface area (Å²) in [6.45, 7) is 2.23. The summed E-state index contributed by atoms with van der Waals surface area (Å²) in [5.74, 6) is -0.0773. The first-order valence-corrected chi connectivity index (χ1v) is 12.8. The van der Waals surface area contributed by atoms with Crippen molar-refractivity contribution in [2.24, 2.45) is 0 Å². The summed E-state index contributed by atoms with van der Waals surface area (Å²) in [5, 5.41) is 0. The standard InChI is InChI=1S/C29H31BrO5/c1-3-4-5-6-7-8-9-21-10-17-25(18-11-21)34-29(32)23-14-19-26(27(20-23)33-2)35-28(31)22-12-15-24(30)16-13-22/h10-20H,3-9H2,1-2H3. The summed E-state index contributed by atoms with van der Waals surface area (Å²) in [4.78, 5) is 25.1. The Morgan fingerprint density at radius 3 is 2.03 bits per heavy atom. The molecule has 0 aromatic heterocycles. The van der Waals surface area contributed by atoms with E-state index in [2.05, 4.69) is 22.9 Å². The van der Waals surface area contributed by atoms with Gasteiger partial charge in [0.1, 0.15) is 5.75 Å². The van der Waals surface area contributed by atoms with Crippen LogP contribution >= 0.6 is 15.9 Å². The Kier molecular flexibility index (Phi) is 10.4. The zero-order valence-electron chi connectivity index (χ0n) is 20.2. The van der Waals surface area contributed by atoms with E-state index in [4.69, 9.17) is 14.2 Å². The summed E-state index contributed by atoms with van der Waals surface area (Å²) in [5.41, 5.74) is 1.93. The van der Waals surface area contributed by atoms with E-state index < -0.39 is 11.9 Å². The molecule has 0 aliphatic rings. The van der Waals surface area contributed by atoms with Crippen LogP contribution in [0.4, 0.5) is 0 Å². The van der Waals surface area contributed by atoms with Gasteiger partial charge >= 0.3 is 11.9 Å². The highest BCUT2D eigenvalue weighted by molar-refractivity contribution is 9.10. The van der Waals surface area contributed by atoms with E-state index in [1.54, 1.807) is 30.3 Å². The number of unbranched alkanes of at least 4 members (excludes halogenated alkanes) is 5. The lowest BCUT2D eigenvalue weighted by Gasteiger charge is -2.11. The van der Waals surface area contributed by atoms with Gasteiger partial charge in [0.2, 0.25) is 0 Å². The lowest BCUT2D eigenvalue weighted by molar-refractivity contribution is 0.0728. The van der Waals surface area contributed by atoms with Crippen LogP contribution in [0.25, 0.3) is 0 Å². The quantitative estimate of drug-likeness (QED) is 0.134. The number of aryl methyl sites for hydroxylation is 1. The van der Waals surface area contributed by atoms with Crippen molar-refractivity contribution in [3.05, 3.63) is 87.9 Å². The Hall–Kier alpha value is -3.12.